The summed E-state index contributed by atoms with van der Waals surface area (Å²) in [6.45, 7) is 15.2. The quantitative estimate of drug-likeness (QED) is 0.0432. The molecule has 10 aliphatic rings. The normalized spacial score (nSPS) is 50.7. The Bertz CT molecular complexity index is 2650. The third-order valence-corrected chi connectivity index (χ3v) is 21.9. The molecule has 0 aromatic rings. The van der Waals surface area contributed by atoms with E-state index in [1.165, 1.54) is 14.0 Å². The average Bonchev–Trinajstić information content (AvgIpc) is 1.53. The van der Waals surface area contributed by atoms with Crippen molar-refractivity contribution in [1.29, 1.82) is 0 Å². The highest BCUT2D eigenvalue weighted by molar-refractivity contribution is 7.80. The molecule has 30 unspecified atom stereocenters. The largest absolute Gasteiger partial charge is 0.458 e. The molecule has 6 saturated heterocycles. The first-order chi connectivity index (χ1) is 40.8. The number of hydrogen-bond donors (Lipinski definition) is 11. The number of methoxy groups -OCH3 is 1. The lowest BCUT2D eigenvalue weighted by molar-refractivity contribution is -0.399. The van der Waals surface area contributed by atoms with Crippen molar-refractivity contribution in [3.8, 4) is 0 Å². The molecule has 0 aromatic carbocycles. The maximum absolute atomic E-state index is 14.5. The Balaban J connectivity index is 0.897. The maximum atomic E-state index is 14.5. The summed E-state index contributed by atoms with van der Waals surface area (Å²) in [5, 5.41) is 111. The Kier molecular flexibility index (Phi) is 19.5. The minimum Gasteiger partial charge on any atom is -0.458 e. The zero-order chi connectivity index (χ0) is 63.4. The summed E-state index contributed by atoms with van der Waals surface area (Å²) in [4.78, 5) is 28.9. The fourth-order valence-electron chi connectivity index (χ4n) is 17.0. The molecule has 9 fully saturated rings. The van der Waals surface area contributed by atoms with Crippen molar-refractivity contribution < 1.29 is 135 Å². The Morgan fingerprint density at radius 3 is 1.99 bits per heavy atom. The number of Topliss-reactive ketones (excluding diaryl/α,β-unsaturated/α-hetero) is 1. The van der Waals surface area contributed by atoms with Crippen molar-refractivity contribution in [2.45, 2.75) is 253 Å². The lowest BCUT2D eigenvalue weighted by Crippen LogP contribution is -2.67. The van der Waals surface area contributed by atoms with Crippen LogP contribution in [0.15, 0.2) is 23.8 Å². The number of carbonyl (C=O) groups excluding carboxylic acids is 2. The van der Waals surface area contributed by atoms with Crippen LogP contribution in [0.1, 0.15) is 106 Å². The first-order valence-corrected chi connectivity index (χ1v) is 31.6. The Morgan fingerprint density at radius 2 is 1.32 bits per heavy atom. The molecule has 0 aromatic heterocycles. The van der Waals surface area contributed by atoms with E-state index in [4.69, 9.17) is 61.0 Å². The van der Waals surface area contributed by atoms with Crippen molar-refractivity contribution in [2.24, 2.45) is 39.4 Å². The molecule has 0 amide bonds. The number of fused-ring (bicyclic) bond motifs is 4. The molecular weight excluding hydrogens is 1180 g/mol. The van der Waals surface area contributed by atoms with Crippen LogP contribution in [0.2, 0.25) is 0 Å². The van der Waals surface area contributed by atoms with Gasteiger partial charge >= 0.3 is 16.4 Å². The molecule has 87 heavy (non-hydrogen) atoms. The van der Waals surface area contributed by atoms with Gasteiger partial charge in [-0.3, -0.25) is 14.1 Å². The predicted octanol–water partition coefficient (Wildman–Crippen LogP) is -1.28. The van der Waals surface area contributed by atoms with Gasteiger partial charge in [0.25, 0.3) is 0 Å². The van der Waals surface area contributed by atoms with Crippen molar-refractivity contribution in [3.63, 3.8) is 0 Å². The molecule has 29 heteroatoms. The van der Waals surface area contributed by atoms with Gasteiger partial charge in [0, 0.05) is 18.9 Å². The van der Waals surface area contributed by atoms with E-state index in [9.17, 15) is 73.6 Å². The molecular formula is C58H90O28S. The summed E-state index contributed by atoms with van der Waals surface area (Å²) in [5.41, 5.74) is -1.66. The summed E-state index contributed by atoms with van der Waals surface area (Å²) in [7, 11) is -4.06. The van der Waals surface area contributed by atoms with Gasteiger partial charge in [-0.1, -0.05) is 44.9 Å². The standard InChI is InChI=1S/C58H90O28S/c1-24(2)11-10-16-57(8)47-28(60)19-56(7)27-12-13-33-54(4,5)34(15-17-55(33,6)26(27)14-18-58(47,56)53(70)85-57)80-51-45(37(65)32(23-77-51)86-87(71,72)73)84-52-46(83-48-38(66)35(63)29(61)21-75-48)39(67)42(25(3)78-52)81-49-40(68)43(30(62)22-76-49)82-50-41(69)44(74-9)36(64)31(20-59)79-50/h12,25-26,29-52,59,61-69H,1,10-11,13-23H2,2-9H3,(H,71,72,73). The molecule has 6 aliphatic heterocycles. The number of hydrogen-bond acceptors (Lipinski definition) is 27. The minimum absolute atomic E-state index is 0.0124. The van der Waals surface area contributed by atoms with Gasteiger partial charge in [-0.05, 0) is 94.8 Å². The average molecular weight is 1270 g/mol. The third-order valence-electron chi connectivity index (χ3n) is 21.4. The monoisotopic (exact) mass is 1270 g/mol. The van der Waals surface area contributed by atoms with Gasteiger partial charge in [0.15, 0.2) is 31.5 Å². The molecule has 11 N–H and O–H groups in total. The van der Waals surface area contributed by atoms with Crippen LogP contribution in [-0.4, -0.2) is 256 Å². The Morgan fingerprint density at radius 1 is 0.701 bits per heavy atom. The van der Waals surface area contributed by atoms with Gasteiger partial charge in [0.2, 0.25) is 0 Å². The SMILES string of the molecule is C=C(C)CCCC1(C)OC(=O)C23CCC4C(=CCC5C(C)(C)C(OC6OCC(OS(=O)(=O)O)C(O)C6OC6OC(C)C(OC7OCC(O)C(OC8OC(CO)C(O)C(OC)C8O)C7O)C(O)C6OC6OCC(O)C(O)C6O)CCC45C)C2(C)CC(=O)C13. The van der Waals surface area contributed by atoms with Crippen molar-refractivity contribution in [3.05, 3.63) is 23.8 Å². The van der Waals surface area contributed by atoms with E-state index in [0.29, 0.717) is 38.5 Å². The molecule has 496 valence electrons. The van der Waals surface area contributed by atoms with Crippen LogP contribution >= 0.6 is 0 Å². The van der Waals surface area contributed by atoms with Crippen LogP contribution in [0.5, 0.6) is 0 Å². The molecule has 0 bridgehead atoms. The van der Waals surface area contributed by atoms with Crippen molar-refractivity contribution in [2.75, 3.05) is 33.5 Å². The lowest BCUT2D eigenvalue weighted by atomic mass is 9.41. The second kappa shape index (κ2) is 25.2. The fraction of sp³-hybridized carbons (Fsp3) is 0.897. The molecule has 28 nitrogen and oxygen atoms in total. The number of rotatable bonds is 18. The molecule has 10 rings (SSSR count). The molecule has 1 spiro atoms. The Hall–Kier alpha value is -2.35. The highest BCUT2D eigenvalue weighted by Crippen LogP contribution is 2.75. The van der Waals surface area contributed by atoms with Gasteiger partial charge < -0.3 is 108 Å². The van der Waals surface area contributed by atoms with Crippen molar-refractivity contribution >= 4 is 22.2 Å². The van der Waals surface area contributed by atoms with Crippen LogP contribution < -0.4 is 0 Å². The van der Waals surface area contributed by atoms with Crippen molar-refractivity contribution in [1.82, 2.24) is 0 Å². The summed E-state index contributed by atoms with van der Waals surface area (Å²) in [5.74, 6) is -0.929. The summed E-state index contributed by atoms with van der Waals surface area (Å²) < 4.78 is 111. The number of esters is 1. The van der Waals surface area contributed by atoms with Gasteiger partial charge in [-0.25, -0.2) is 4.18 Å². The smallest absolute Gasteiger partial charge is 0.397 e. The fourth-order valence-corrected chi connectivity index (χ4v) is 17.5. The molecule has 3 saturated carbocycles. The zero-order valence-corrected chi connectivity index (χ0v) is 51.1. The molecule has 0 radical (unpaired) electrons. The highest BCUT2D eigenvalue weighted by atomic mass is 32.3. The number of carbonyl (C=O) groups is 2. The number of ketones is 1. The highest BCUT2D eigenvalue weighted by Gasteiger charge is 2.79. The van der Waals surface area contributed by atoms with Crippen LogP contribution in [0, 0.1) is 39.4 Å². The molecule has 30 atom stereocenters. The topological polar surface area (TPSA) is 411 Å². The maximum Gasteiger partial charge on any atom is 0.397 e. The lowest BCUT2D eigenvalue weighted by Gasteiger charge is -2.63. The van der Waals surface area contributed by atoms with E-state index < -0.39 is 206 Å². The van der Waals surface area contributed by atoms with Crippen LogP contribution in [-0.2, 0) is 81.0 Å². The van der Waals surface area contributed by atoms with E-state index in [0.717, 1.165) is 24.0 Å². The predicted molar refractivity (Wildman–Crippen MR) is 292 cm³/mol. The van der Waals surface area contributed by atoms with Gasteiger partial charge in [-0.2, -0.15) is 8.42 Å². The summed E-state index contributed by atoms with van der Waals surface area (Å²) >= 11 is 0. The van der Waals surface area contributed by atoms with Crippen LogP contribution in [0.25, 0.3) is 0 Å². The minimum atomic E-state index is -5.25. The number of ether oxygens (including phenoxy) is 12. The van der Waals surface area contributed by atoms with E-state index in [1.807, 2.05) is 13.8 Å². The van der Waals surface area contributed by atoms with E-state index in [-0.39, 0.29) is 35.4 Å². The number of allylic oxidation sites excluding steroid dienone is 3. The first-order valence-electron chi connectivity index (χ1n) is 30.2. The van der Waals surface area contributed by atoms with Gasteiger partial charge in [-0.15, -0.1) is 6.58 Å². The summed E-state index contributed by atoms with van der Waals surface area (Å²) in [6.07, 6.45) is -31.1. The van der Waals surface area contributed by atoms with Crippen LogP contribution in [0.4, 0.5) is 0 Å². The van der Waals surface area contributed by atoms with E-state index >= 15 is 0 Å². The van der Waals surface area contributed by atoms with Gasteiger partial charge in [0.1, 0.15) is 109 Å². The molecule has 4 aliphatic carbocycles. The first kappa shape index (κ1) is 67.5. The number of aliphatic hydroxyl groups is 10. The van der Waals surface area contributed by atoms with E-state index in [2.05, 4.69) is 40.3 Å². The van der Waals surface area contributed by atoms with E-state index in [1.54, 1.807) is 0 Å². The zero-order valence-electron chi connectivity index (χ0n) is 50.3. The second-order valence-corrected chi connectivity index (χ2v) is 28.2. The van der Waals surface area contributed by atoms with Crippen LogP contribution in [0.3, 0.4) is 0 Å². The third kappa shape index (κ3) is 11.9. The number of aliphatic hydroxyl groups excluding tert-OH is 10. The van der Waals surface area contributed by atoms with Gasteiger partial charge in [0.05, 0.1) is 50.0 Å². The second-order valence-electron chi connectivity index (χ2n) is 27.2. The summed E-state index contributed by atoms with van der Waals surface area (Å²) in [6, 6.07) is 0. The Labute approximate surface area is 505 Å². The number of cyclic esters (lactones) is 1. The molecule has 6 heterocycles.